The number of amides is 4. The molecule has 6 heterocycles. The summed E-state index contributed by atoms with van der Waals surface area (Å²) >= 11 is 0. The quantitative estimate of drug-likeness (QED) is 0.113. The van der Waals surface area contributed by atoms with Crippen molar-refractivity contribution in [3.8, 4) is 22.5 Å². The number of hydrogen-bond donors (Lipinski definition) is 5. The predicted molar refractivity (Wildman–Crippen MR) is 224 cm³/mol. The van der Waals surface area contributed by atoms with E-state index in [1.807, 2.05) is 70.2 Å². The molecule has 0 radical (unpaired) electrons. The van der Waals surface area contributed by atoms with E-state index in [2.05, 4.69) is 30.6 Å². The van der Waals surface area contributed by atoms with Gasteiger partial charge in [0.15, 0.2) is 0 Å². The van der Waals surface area contributed by atoms with Gasteiger partial charge in [-0.2, -0.15) is 0 Å². The van der Waals surface area contributed by atoms with E-state index in [-0.39, 0.29) is 41.4 Å². The highest BCUT2D eigenvalue weighted by Gasteiger charge is 2.39. The number of aromatic nitrogens is 6. The van der Waals surface area contributed by atoms with Gasteiger partial charge < -0.3 is 44.9 Å². The van der Waals surface area contributed by atoms with E-state index in [1.165, 1.54) is 14.2 Å². The molecule has 4 aromatic heterocycles. The monoisotopic (exact) mass is 818 g/mol. The van der Waals surface area contributed by atoms with Crippen molar-refractivity contribution < 1.29 is 28.7 Å². The average Bonchev–Trinajstić information content (AvgIpc) is 4.09. The van der Waals surface area contributed by atoms with Gasteiger partial charge in [0.2, 0.25) is 11.8 Å². The lowest BCUT2D eigenvalue weighted by Gasteiger charge is -2.30. The summed E-state index contributed by atoms with van der Waals surface area (Å²) in [6.45, 7) is 8.64. The van der Waals surface area contributed by atoms with Gasteiger partial charge in [-0.1, -0.05) is 45.9 Å². The third-order valence-electron chi connectivity index (χ3n) is 11.8. The number of hydrogen-bond acceptors (Lipinski definition) is 9. The third-order valence-corrected chi connectivity index (χ3v) is 11.8. The van der Waals surface area contributed by atoms with Gasteiger partial charge in [-0.05, 0) is 61.8 Å². The maximum Gasteiger partial charge on any atom is 0.407 e. The van der Waals surface area contributed by atoms with Crippen molar-refractivity contribution in [2.75, 3.05) is 27.3 Å². The summed E-state index contributed by atoms with van der Waals surface area (Å²) < 4.78 is 11.2. The first kappa shape index (κ1) is 40.1. The molecular formula is C43H50N10O7. The maximum absolute atomic E-state index is 13.7. The molecule has 2 aromatic carbocycles. The minimum atomic E-state index is -0.730. The fraction of sp³-hybridized carbons (Fsp3) is 0.419. The number of aromatic amines is 3. The highest BCUT2D eigenvalue weighted by Crippen LogP contribution is 2.36. The minimum Gasteiger partial charge on any atom is -0.453 e. The normalized spacial score (nSPS) is 17.9. The molecular weight excluding hydrogens is 769 g/mol. The standard InChI is InChI=1S/C43H50N10O7/c1-22(2)35(49-42(57)59-5)39(54)51-15-7-9-32(51)37-44-20-29(46-37)24-12-14-31-26(17-24)19-34-27-13-11-25(18-28(27)48-41(56)53(31)34)30-21-45-38(47-30)33-10-8-16-52(33)40(55)36(23(3)4)50-43(58)60-6/h11-14,17-23,32-33,35-36H,7-10,15-16H2,1-6H3,(H,44,46)(H,45,47)(H,48,56)(H,49,57)(H,50,58)/t32-,33-,35-,36-/m0/s1. The fourth-order valence-electron chi connectivity index (χ4n) is 8.70. The molecule has 4 atom stereocenters. The fourth-order valence-corrected chi connectivity index (χ4v) is 8.70. The number of rotatable bonds is 10. The summed E-state index contributed by atoms with van der Waals surface area (Å²) in [6, 6.07) is 11.8. The number of methoxy groups -OCH3 is 2. The first-order chi connectivity index (χ1) is 28.9. The van der Waals surface area contributed by atoms with Gasteiger partial charge in [-0.25, -0.2) is 24.4 Å². The summed E-state index contributed by atoms with van der Waals surface area (Å²) in [4.78, 5) is 87.8. The molecule has 0 bridgehead atoms. The Morgan fingerprint density at radius 1 is 0.700 bits per heavy atom. The smallest absolute Gasteiger partial charge is 0.407 e. The lowest BCUT2D eigenvalue weighted by molar-refractivity contribution is -0.136. The van der Waals surface area contributed by atoms with E-state index in [4.69, 9.17) is 14.5 Å². The number of alkyl carbamates (subject to hydrolysis) is 2. The molecule has 2 saturated heterocycles. The summed E-state index contributed by atoms with van der Waals surface area (Å²) in [5.41, 5.74) is 5.10. The van der Waals surface area contributed by atoms with Crippen LogP contribution in [0.3, 0.4) is 0 Å². The van der Waals surface area contributed by atoms with Crippen LogP contribution in [-0.2, 0) is 19.1 Å². The second-order valence-corrected chi connectivity index (χ2v) is 16.3. The number of nitrogens with one attached hydrogen (secondary N) is 5. The van der Waals surface area contributed by atoms with Gasteiger partial charge >= 0.3 is 17.9 Å². The Kier molecular flexibility index (Phi) is 10.8. The van der Waals surface area contributed by atoms with Crippen LogP contribution in [0.15, 0.2) is 59.7 Å². The lowest BCUT2D eigenvalue weighted by Crippen LogP contribution is -2.51. The molecule has 5 N–H and O–H groups in total. The number of nitrogens with zero attached hydrogens (tertiary/aromatic N) is 5. The second kappa shape index (κ2) is 16.2. The van der Waals surface area contributed by atoms with Crippen molar-refractivity contribution in [1.29, 1.82) is 0 Å². The van der Waals surface area contributed by atoms with Crippen molar-refractivity contribution >= 4 is 51.3 Å². The molecule has 60 heavy (non-hydrogen) atoms. The largest absolute Gasteiger partial charge is 0.453 e. The van der Waals surface area contributed by atoms with Crippen molar-refractivity contribution in [2.45, 2.75) is 77.5 Å². The summed E-state index contributed by atoms with van der Waals surface area (Å²) in [7, 11) is 2.55. The van der Waals surface area contributed by atoms with Gasteiger partial charge in [0.25, 0.3) is 0 Å². The van der Waals surface area contributed by atoms with Crippen LogP contribution in [-0.4, -0.2) is 103 Å². The molecule has 2 aliphatic heterocycles. The first-order valence-corrected chi connectivity index (χ1v) is 20.4. The van der Waals surface area contributed by atoms with Crippen LogP contribution >= 0.6 is 0 Å². The second-order valence-electron chi connectivity index (χ2n) is 16.3. The molecule has 314 valence electrons. The lowest BCUT2D eigenvalue weighted by atomic mass is 10.0. The molecule has 17 heteroatoms. The number of H-pyrrole nitrogens is 3. The van der Waals surface area contributed by atoms with Gasteiger partial charge in [0, 0.05) is 35.0 Å². The Bertz CT molecular complexity index is 2670. The number of likely N-dealkylation sites (tertiary alicyclic amines) is 2. The van der Waals surface area contributed by atoms with Crippen LogP contribution in [0.2, 0.25) is 0 Å². The molecule has 6 aromatic rings. The maximum atomic E-state index is 13.7. The average molecular weight is 819 g/mol. The number of imidazole rings is 2. The van der Waals surface area contributed by atoms with Crippen LogP contribution in [0.25, 0.3) is 49.8 Å². The van der Waals surface area contributed by atoms with E-state index in [0.717, 1.165) is 70.0 Å². The molecule has 2 fully saturated rings. The molecule has 2 aliphatic rings. The van der Waals surface area contributed by atoms with Crippen molar-refractivity contribution in [2.24, 2.45) is 11.8 Å². The zero-order valence-corrected chi connectivity index (χ0v) is 34.5. The van der Waals surface area contributed by atoms with Gasteiger partial charge in [0.05, 0.1) is 66.6 Å². The van der Waals surface area contributed by atoms with Crippen molar-refractivity contribution in [3.05, 3.63) is 77.0 Å². The SMILES string of the molecule is COC(=O)N[C@H](C(=O)N1CCC[C@H]1c1ncc(-c2ccc3c(c2)cc2c4ccc(-c5cnc([C@@H]6CCCN6C(=O)[C@@H](NC(=O)OC)C(C)C)[nH]5)cc4[nH]c(=O)n32)[nH]1)C(C)C. The zero-order valence-electron chi connectivity index (χ0n) is 34.5. The van der Waals surface area contributed by atoms with Gasteiger partial charge in [-0.3, -0.25) is 14.0 Å². The number of fused-ring (bicyclic) bond motifs is 5. The third kappa shape index (κ3) is 7.32. The molecule has 8 rings (SSSR count). The zero-order chi connectivity index (χ0) is 42.4. The van der Waals surface area contributed by atoms with E-state index >= 15 is 0 Å². The minimum absolute atomic E-state index is 0.137. The Morgan fingerprint density at radius 3 is 1.73 bits per heavy atom. The van der Waals surface area contributed by atoms with E-state index in [1.54, 1.807) is 26.6 Å². The topological polar surface area (TPSA) is 212 Å². The van der Waals surface area contributed by atoms with E-state index < -0.39 is 24.3 Å². The molecule has 0 saturated carbocycles. The molecule has 4 amide bonds. The Balaban J connectivity index is 1.04. The molecule has 17 nitrogen and oxygen atoms in total. The molecule has 0 unspecified atom stereocenters. The van der Waals surface area contributed by atoms with Crippen molar-refractivity contribution in [1.82, 2.24) is 49.8 Å². The van der Waals surface area contributed by atoms with E-state index in [9.17, 15) is 24.0 Å². The number of ether oxygens (including phenoxy) is 2. The summed E-state index contributed by atoms with van der Waals surface area (Å²) in [5.74, 6) is 0.691. The number of carbonyl (C=O) groups is 4. The Hall–Kier alpha value is -6.65. The molecule has 0 spiro atoms. The van der Waals surface area contributed by atoms with Crippen LogP contribution in [0.4, 0.5) is 9.59 Å². The molecule has 0 aliphatic carbocycles. The van der Waals surface area contributed by atoms with Crippen LogP contribution < -0.4 is 16.3 Å². The Morgan fingerprint density at radius 2 is 1.22 bits per heavy atom. The first-order valence-electron chi connectivity index (χ1n) is 20.4. The van der Waals surface area contributed by atoms with Gasteiger partial charge in [-0.15, -0.1) is 0 Å². The number of carbonyl (C=O) groups excluding carboxylic acids is 4. The van der Waals surface area contributed by atoms with Crippen LogP contribution in [0, 0.1) is 11.8 Å². The van der Waals surface area contributed by atoms with E-state index in [0.29, 0.717) is 30.3 Å². The predicted octanol–water partition coefficient (Wildman–Crippen LogP) is 5.80. The van der Waals surface area contributed by atoms with Crippen LogP contribution in [0.1, 0.15) is 77.1 Å². The number of benzene rings is 2. The van der Waals surface area contributed by atoms with Gasteiger partial charge in [0.1, 0.15) is 23.7 Å². The Labute approximate surface area is 345 Å². The highest BCUT2D eigenvalue weighted by atomic mass is 16.5. The van der Waals surface area contributed by atoms with Crippen LogP contribution in [0.5, 0.6) is 0 Å². The van der Waals surface area contributed by atoms with Crippen molar-refractivity contribution in [3.63, 3.8) is 0 Å². The highest BCUT2D eigenvalue weighted by molar-refractivity contribution is 6.02. The summed E-state index contributed by atoms with van der Waals surface area (Å²) in [5, 5.41) is 7.10. The summed E-state index contributed by atoms with van der Waals surface area (Å²) in [6.07, 6.45) is 5.28.